The molecule has 0 saturated carbocycles. The van der Waals surface area contributed by atoms with Crippen LogP contribution in [-0.4, -0.2) is 22.4 Å². The van der Waals surface area contributed by atoms with Gasteiger partial charge in [0.1, 0.15) is 0 Å². The van der Waals surface area contributed by atoms with Gasteiger partial charge in [-0.1, -0.05) is 18.2 Å². The van der Waals surface area contributed by atoms with Crippen molar-refractivity contribution < 1.29 is 0 Å². The number of thioether (sulfide) groups is 4. The molecule has 5 unspecified atom stereocenters. The maximum atomic E-state index is 3.87. The first-order chi connectivity index (χ1) is 9.75. The molecule has 3 bridgehead atoms. The summed E-state index contributed by atoms with van der Waals surface area (Å²) < 4.78 is 1.00. The quantitative estimate of drug-likeness (QED) is 0.728. The van der Waals surface area contributed by atoms with E-state index in [0.717, 1.165) is 0 Å². The van der Waals surface area contributed by atoms with Gasteiger partial charge in [0.15, 0.2) is 0 Å². The highest BCUT2D eigenvalue weighted by atomic mass is 32.3. The van der Waals surface area contributed by atoms with Crippen LogP contribution in [0.5, 0.6) is 0 Å². The van der Waals surface area contributed by atoms with Crippen molar-refractivity contribution in [1.82, 2.24) is 0 Å². The fraction of sp³-hybridized carbons (Fsp3) is 0.625. The van der Waals surface area contributed by atoms with Crippen LogP contribution >= 0.6 is 47.0 Å². The Morgan fingerprint density at radius 3 is 2.33 bits per heavy atom. The van der Waals surface area contributed by atoms with E-state index in [1.807, 2.05) is 0 Å². The zero-order chi connectivity index (χ0) is 14.9. The summed E-state index contributed by atoms with van der Waals surface area (Å²) in [6.45, 7) is 9.78. The van der Waals surface area contributed by atoms with Crippen molar-refractivity contribution in [3.63, 3.8) is 0 Å². The third kappa shape index (κ3) is 2.34. The van der Waals surface area contributed by atoms with Crippen molar-refractivity contribution in [3.05, 3.63) is 30.3 Å². The molecule has 114 valence electrons. The van der Waals surface area contributed by atoms with Gasteiger partial charge in [-0.05, 0) is 46.2 Å². The molecule has 0 spiro atoms. The van der Waals surface area contributed by atoms with Crippen LogP contribution in [0.25, 0.3) is 0 Å². The van der Waals surface area contributed by atoms with Crippen LogP contribution in [0.2, 0.25) is 0 Å². The molecular weight excluding hydrogens is 334 g/mol. The Morgan fingerprint density at radius 2 is 1.62 bits per heavy atom. The summed E-state index contributed by atoms with van der Waals surface area (Å²) in [5, 5.41) is 4.49. The second-order valence-electron chi connectivity index (χ2n) is 6.86. The lowest BCUT2D eigenvalue weighted by Gasteiger charge is -2.55. The van der Waals surface area contributed by atoms with E-state index in [4.69, 9.17) is 0 Å². The summed E-state index contributed by atoms with van der Waals surface area (Å²) in [7, 11) is 0. The molecule has 0 aliphatic carbocycles. The summed E-state index contributed by atoms with van der Waals surface area (Å²) in [6, 6.07) is 10.7. The lowest BCUT2D eigenvalue weighted by molar-refractivity contribution is 0.614. The molecule has 3 saturated heterocycles. The highest BCUT2D eigenvalue weighted by Crippen LogP contribution is 2.80. The number of hydrogen-bond acceptors (Lipinski definition) is 5. The number of rotatable bonds is 2. The van der Waals surface area contributed by atoms with Crippen molar-refractivity contribution >= 4 is 52.7 Å². The topological polar surface area (TPSA) is 12.0 Å². The molecule has 21 heavy (non-hydrogen) atoms. The average Bonchev–Trinajstić information content (AvgIpc) is 2.50. The van der Waals surface area contributed by atoms with E-state index in [-0.39, 0.29) is 4.87 Å². The fourth-order valence-corrected chi connectivity index (χ4v) is 15.6. The maximum Gasteiger partial charge on any atom is 0.0960 e. The van der Waals surface area contributed by atoms with E-state index in [1.165, 1.54) is 12.1 Å². The second kappa shape index (κ2) is 4.49. The Labute approximate surface area is 144 Å². The highest BCUT2D eigenvalue weighted by Gasteiger charge is 2.70. The number of para-hydroxylation sites is 1. The minimum Gasteiger partial charge on any atom is -0.370 e. The molecule has 3 aliphatic heterocycles. The van der Waals surface area contributed by atoms with E-state index < -0.39 is 0 Å². The van der Waals surface area contributed by atoms with Crippen molar-refractivity contribution in [3.8, 4) is 0 Å². The molecule has 1 N–H and O–H groups in total. The van der Waals surface area contributed by atoms with Gasteiger partial charge in [0.2, 0.25) is 0 Å². The van der Waals surface area contributed by atoms with Gasteiger partial charge in [-0.2, -0.15) is 0 Å². The van der Waals surface area contributed by atoms with Crippen LogP contribution in [0.3, 0.4) is 0 Å². The van der Waals surface area contributed by atoms with Gasteiger partial charge in [-0.25, -0.2) is 0 Å². The zero-order valence-corrected chi connectivity index (χ0v) is 16.1. The van der Waals surface area contributed by atoms with Crippen LogP contribution in [0.1, 0.15) is 34.1 Å². The summed E-state index contributed by atoms with van der Waals surface area (Å²) in [5.74, 6) is 0. The van der Waals surface area contributed by atoms with E-state index in [9.17, 15) is 0 Å². The van der Waals surface area contributed by atoms with Crippen LogP contribution in [0.15, 0.2) is 30.3 Å². The molecular formula is C16H21NS4. The van der Waals surface area contributed by atoms with Gasteiger partial charge in [-0.15, -0.1) is 47.0 Å². The van der Waals surface area contributed by atoms with Crippen LogP contribution in [-0.2, 0) is 0 Å². The van der Waals surface area contributed by atoms with Gasteiger partial charge in [0.05, 0.1) is 22.4 Å². The first-order valence-electron chi connectivity index (χ1n) is 7.36. The van der Waals surface area contributed by atoms with E-state index in [2.05, 4.69) is 110 Å². The van der Waals surface area contributed by atoms with Gasteiger partial charge in [0, 0.05) is 5.69 Å². The van der Waals surface area contributed by atoms with Crippen molar-refractivity contribution in [1.29, 1.82) is 0 Å². The molecule has 1 aromatic rings. The SMILES string of the molecule is CC12CC3(C)SC(C)(Nc4ccccc4)C(S1)C(C)(S2)S3. The molecule has 3 heterocycles. The molecule has 3 fully saturated rings. The average molecular weight is 356 g/mol. The van der Waals surface area contributed by atoms with Gasteiger partial charge in [0.25, 0.3) is 0 Å². The van der Waals surface area contributed by atoms with Crippen molar-refractivity contribution in [2.45, 2.75) is 56.5 Å². The number of hydrogen-bond donors (Lipinski definition) is 1. The highest BCUT2D eigenvalue weighted by molar-refractivity contribution is 8.35. The van der Waals surface area contributed by atoms with E-state index in [1.54, 1.807) is 0 Å². The number of benzene rings is 1. The predicted octanol–water partition coefficient (Wildman–Crippen LogP) is 5.70. The Morgan fingerprint density at radius 1 is 0.952 bits per heavy atom. The van der Waals surface area contributed by atoms with Gasteiger partial charge < -0.3 is 5.32 Å². The normalized spacial score (nSPS) is 51.1. The Bertz CT molecular complexity index is 577. The van der Waals surface area contributed by atoms with Gasteiger partial charge >= 0.3 is 0 Å². The predicted molar refractivity (Wildman–Crippen MR) is 102 cm³/mol. The first kappa shape index (κ1) is 15.0. The largest absolute Gasteiger partial charge is 0.370 e. The second-order valence-corrected chi connectivity index (χ2v) is 15.1. The Hall–Kier alpha value is 0.420. The molecule has 1 aromatic carbocycles. The minimum absolute atomic E-state index is 0.0853. The van der Waals surface area contributed by atoms with Crippen LogP contribution in [0.4, 0.5) is 5.69 Å². The number of nitrogens with one attached hydrogen (secondary N) is 1. The summed E-state index contributed by atoms with van der Waals surface area (Å²) in [5.41, 5.74) is 1.24. The molecule has 0 amide bonds. The smallest absolute Gasteiger partial charge is 0.0960 e. The van der Waals surface area contributed by atoms with Crippen LogP contribution < -0.4 is 5.32 Å². The zero-order valence-electron chi connectivity index (χ0n) is 12.8. The first-order valence-corrected chi connectivity index (χ1v) is 10.7. The summed E-state index contributed by atoms with van der Waals surface area (Å²) in [4.78, 5) is 0.0853. The van der Waals surface area contributed by atoms with Crippen LogP contribution in [0, 0.1) is 0 Å². The monoisotopic (exact) mass is 355 g/mol. The van der Waals surface area contributed by atoms with Gasteiger partial charge in [-0.3, -0.25) is 0 Å². The molecule has 0 radical (unpaired) electrons. The Balaban J connectivity index is 1.74. The lowest BCUT2D eigenvalue weighted by Crippen LogP contribution is -2.56. The third-order valence-electron chi connectivity index (χ3n) is 4.42. The van der Waals surface area contributed by atoms with E-state index in [0.29, 0.717) is 17.5 Å². The molecule has 1 nitrogen and oxygen atoms in total. The molecule has 3 aliphatic rings. The molecule has 0 aromatic heterocycles. The summed E-state index contributed by atoms with van der Waals surface area (Å²) in [6.07, 6.45) is 1.28. The lowest BCUT2D eigenvalue weighted by atomic mass is 10.1. The third-order valence-corrected chi connectivity index (χ3v) is 12.0. The number of fused-ring (bicyclic) bond motifs is 2. The standard InChI is InChI=1S/C16H21NS4/c1-13-10-14(2)19-15(3,17-11-8-6-5-7-9-11)12(18-13)16(4,20-13)21-14/h5-9,12,17H,10H2,1-4H3. The fourth-order valence-electron chi connectivity index (χ4n) is 4.13. The minimum atomic E-state index is 0.0853. The Kier molecular flexibility index (Phi) is 3.20. The molecule has 5 heteroatoms. The molecule has 5 atom stereocenters. The van der Waals surface area contributed by atoms with Crippen molar-refractivity contribution in [2.24, 2.45) is 0 Å². The van der Waals surface area contributed by atoms with Crippen molar-refractivity contribution in [2.75, 3.05) is 5.32 Å². The number of anilines is 1. The summed E-state index contributed by atoms with van der Waals surface area (Å²) >= 11 is 8.77. The van der Waals surface area contributed by atoms with E-state index >= 15 is 0 Å². The maximum absolute atomic E-state index is 3.87. The molecule has 4 rings (SSSR count).